The predicted molar refractivity (Wildman–Crippen MR) is 102 cm³/mol. The first-order valence-corrected chi connectivity index (χ1v) is 8.54. The van der Waals surface area contributed by atoms with Crippen molar-refractivity contribution in [2.45, 2.75) is 6.42 Å². The van der Waals surface area contributed by atoms with Gasteiger partial charge in [-0.15, -0.1) is 0 Å². The summed E-state index contributed by atoms with van der Waals surface area (Å²) in [5.41, 5.74) is 6.48. The van der Waals surface area contributed by atoms with Gasteiger partial charge in [0.2, 0.25) is 5.91 Å². The number of nitrogens with zero attached hydrogens (tertiary/aromatic N) is 3. The van der Waals surface area contributed by atoms with Gasteiger partial charge in [-0.3, -0.25) is 9.59 Å². The van der Waals surface area contributed by atoms with Crippen LogP contribution in [0.1, 0.15) is 16.9 Å². The van der Waals surface area contributed by atoms with Crippen LogP contribution < -0.4 is 15.4 Å². The van der Waals surface area contributed by atoms with Crippen LogP contribution in [-0.4, -0.2) is 35.2 Å². The van der Waals surface area contributed by atoms with Crippen LogP contribution in [0.15, 0.2) is 60.8 Å². The molecule has 0 atom stereocenters. The van der Waals surface area contributed by atoms with Crippen molar-refractivity contribution in [2.24, 2.45) is 5.73 Å². The summed E-state index contributed by atoms with van der Waals surface area (Å²) in [7, 11) is 1.44. The Kier molecular flexibility index (Phi) is 5.69. The van der Waals surface area contributed by atoms with Crippen molar-refractivity contribution in [2.75, 3.05) is 18.6 Å². The van der Waals surface area contributed by atoms with Crippen molar-refractivity contribution < 1.29 is 18.7 Å². The van der Waals surface area contributed by atoms with E-state index in [9.17, 15) is 14.0 Å². The van der Waals surface area contributed by atoms with Gasteiger partial charge in [0.05, 0.1) is 19.0 Å². The fourth-order valence-electron chi connectivity index (χ4n) is 2.69. The van der Waals surface area contributed by atoms with Gasteiger partial charge < -0.3 is 15.4 Å². The summed E-state index contributed by atoms with van der Waals surface area (Å²) >= 11 is 0. The third-order valence-corrected chi connectivity index (χ3v) is 4.09. The van der Waals surface area contributed by atoms with Crippen LogP contribution in [0.5, 0.6) is 5.75 Å². The SMILES string of the molecule is COc1cn(-c2ccccc2)nc1C(=O)N(CCC(N)=O)c1ccc(F)cc1. The Morgan fingerprint density at radius 2 is 1.82 bits per heavy atom. The molecule has 0 fully saturated rings. The molecule has 0 bridgehead atoms. The maximum Gasteiger partial charge on any atom is 0.282 e. The van der Waals surface area contributed by atoms with E-state index in [1.165, 1.54) is 41.0 Å². The molecule has 0 spiro atoms. The van der Waals surface area contributed by atoms with Crippen molar-refractivity contribution in [3.63, 3.8) is 0 Å². The van der Waals surface area contributed by atoms with E-state index in [4.69, 9.17) is 10.5 Å². The highest BCUT2D eigenvalue weighted by Crippen LogP contribution is 2.24. The summed E-state index contributed by atoms with van der Waals surface area (Å²) < 4.78 is 20.1. The Morgan fingerprint density at radius 1 is 1.14 bits per heavy atom. The highest BCUT2D eigenvalue weighted by molar-refractivity contribution is 6.06. The summed E-state index contributed by atoms with van der Waals surface area (Å²) in [4.78, 5) is 25.8. The molecule has 144 valence electrons. The molecule has 0 saturated carbocycles. The lowest BCUT2D eigenvalue weighted by atomic mass is 10.2. The van der Waals surface area contributed by atoms with E-state index < -0.39 is 17.6 Å². The first-order valence-electron chi connectivity index (χ1n) is 8.54. The number of carbonyl (C=O) groups excluding carboxylic acids is 2. The Bertz CT molecular complexity index is 971. The molecule has 1 aromatic heterocycles. The number of halogens is 1. The zero-order valence-corrected chi connectivity index (χ0v) is 15.2. The van der Waals surface area contributed by atoms with Crippen molar-refractivity contribution >= 4 is 17.5 Å². The fourth-order valence-corrected chi connectivity index (χ4v) is 2.69. The van der Waals surface area contributed by atoms with Crippen LogP contribution >= 0.6 is 0 Å². The van der Waals surface area contributed by atoms with E-state index in [0.717, 1.165) is 5.69 Å². The number of methoxy groups -OCH3 is 1. The predicted octanol–water partition coefficient (Wildman–Crippen LogP) is 2.54. The zero-order chi connectivity index (χ0) is 20.1. The number of anilines is 1. The second kappa shape index (κ2) is 8.34. The van der Waals surface area contributed by atoms with Gasteiger partial charge in [-0.1, -0.05) is 18.2 Å². The number of hydrogen-bond acceptors (Lipinski definition) is 4. The van der Waals surface area contributed by atoms with Gasteiger partial charge in [0.15, 0.2) is 11.4 Å². The third-order valence-electron chi connectivity index (χ3n) is 4.09. The van der Waals surface area contributed by atoms with Crippen LogP contribution in [0.4, 0.5) is 10.1 Å². The Hall–Kier alpha value is -3.68. The maximum absolute atomic E-state index is 13.3. The molecule has 28 heavy (non-hydrogen) atoms. The van der Waals surface area contributed by atoms with Crippen LogP contribution in [0.25, 0.3) is 5.69 Å². The number of para-hydroxylation sites is 1. The molecule has 0 aliphatic carbocycles. The van der Waals surface area contributed by atoms with Gasteiger partial charge in [0.1, 0.15) is 5.82 Å². The third kappa shape index (κ3) is 4.17. The standard InChI is InChI=1S/C20H19FN4O3/c1-28-17-13-25(16-5-3-2-4-6-16)23-19(17)20(27)24(12-11-18(22)26)15-9-7-14(21)8-10-15/h2-10,13H,11-12H2,1H3,(H2,22,26). The lowest BCUT2D eigenvalue weighted by Crippen LogP contribution is -2.34. The molecule has 0 saturated heterocycles. The Balaban J connectivity index is 1.98. The quantitative estimate of drug-likeness (QED) is 0.680. The Labute approximate surface area is 161 Å². The molecular weight excluding hydrogens is 363 g/mol. The molecule has 8 heteroatoms. The molecule has 3 aromatic rings. The number of ether oxygens (including phenoxy) is 1. The minimum atomic E-state index is -0.554. The topological polar surface area (TPSA) is 90.5 Å². The van der Waals surface area contributed by atoms with E-state index >= 15 is 0 Å². The molecular formula is C20H19FN4O3. The summed E-state index contributed by atoms with van der Waals surface area (Å²) in [6.07, 6.45) is 1.55. The number of primary amides is 1. The molecule has 1 heterocycles. The number of nitrogens with two attached hydrogens (primary N) is 1. The van der Waals surface area contributed by atoms with Gasteiger partial charge >= 0.3 is 0 Å². The van der Waals surface area contributed by atoms with Crippen molar-refractivity contribution in [1.82, 2.24) is 9.78 Å². The molecule has 0 aliphatic heterocycles. The lowest BCUT2D eigenvalue weighted by molar-refractivity contribution is -0.117. The van der Waals surface area contributed by atoms with Gasteiger partial charge in [-0.25, -0.2) is 9.07 Å². The van der Waals surface area contributed by atoms with Crippen molar-refractivity contribution in [3.8, 4) is 11.4 Å². The van der Waals surface area contributed by atoms with Gasteiger partial charge in [0, 0.05) is 18.7 Å². The van der Waals surface area contributed by atoms with Gasteiger partial charge in [-0.05, 0) is 36.4 Å². The summed E-state index contributed by atoms with van der Waals surface area (Å²) in [5.74, 6) is -1.20. The molecule has 2 aromatic carbocycles. The summed E-state index contributed by atoms with van der Waals surface area (Å²) in [5, 5.41) is 4.35. The number of rotatable bonds is 7. The average Bonchev–Trinajstić information content (AvgIpc) is 3.14. The van der Waals surface area contributed by atoms with E-state index in [-0.39, 0.29) is 24.4 Å². The minimum absolute atomic E-state index is 0.0289. The number of aromatic nitrogens is 2. The number of benzene rings is 2. The first-order chi connectivity index (χ1) is 13.5. The van der Waals surface area contributed by atoms with Gasteiger partial charge in [0.25, 0.3) is 5.91 Å². The fraction of sp³-hybridized carbons (Fsp3) is 0.150. The molecule has 0 unspecified atom stereocenters. The summed E-state index contributed by atoms with van der Waals surface area (Å²) in [6, 6.07) is 14.6. The average molecular weight is 382 g/mol. The highest BCUT2D eigenvalue weighted by atomic mass is 19.1. The number of hydrogen-bond donors (Lipinski definition) is 1. The van der Waals surface area contributed by atoms with E-state index in [2.05, 4.69) is 5.10 Å². The molecule has 2 amide bonds. The van der Waals surface area contributed by atoms with Crippen molar-refractivity contribution in [1.29, 1.82) is 0 Å². The molecule has 2 N–H and O–H groups in total. The number of carbonyl (C=O) groups is 2. The monoisotopic (exact) mass is 382 g/mol. The normalized spacial score (nSPS) is 10.5. The van der Waals surface area contributed by atoms with Crippen LogP contribution in [0.3, 0.4) is 0 Å². The van der Waals surface area contributed by atoms with E-state index in [1.807, 2.05) is 30.3 Å². The van der Waals surface area contributed by atoms with Crippen LogP contribution in [-0.2, 0) is 4.79 Å². The van der Waals surface area contributed by atoms with Gasteiger partial charge in [-0.2, -0.15) is 5.10 Å². The molecule has 0 radical (unpaired) electrons. The molecule has 0 aliphatic rings. The summed E-state index contributed by atoms with van der Waals surface area (Å²) in [6.45, 7) is 0.0289. The highest BCUT2D eigenvalue weighted by Gasteiger charge is 2.25. The number of amides is 2. The lowest BCUT2D eigenvalue weighted by Gasteiger charge is -2.21. The minimum Gasteiger partial charge on any atom is -0.493 e. The molecule has 3 rings (SSSR count). The largest absolute Gasteiger partial charge is 0.493 e. The van der Waals surface area contributed by atoms with Crippen LogP contribution in [0.2, 0.25) is 0 Å². The zero-order valence-electron chi connectivity index (χ0n) is 15.2. The van der Waals surface area contributed by atoms with E-state index in [0.29, 0.717) is 5.69 Å². The first kappa shape index (κ1) is 19.1. The van der Waals surface area contributed by atoms with Crippen molar-refractivity contribution in [3.05, 3.63) is 72.3 Å². The molecule has 7 nitrogen and oxygen atoms in total. The Morgan fingerprint density at radius 3 is 2.43 bits per heavy atom. The second-order valence-corrected chi connectivity index (χ2v) is 5.98. The van der Waals surface area contributed by atoms with Crippen LogP contribution in [0, 0.1) is 5.82 Å². The second-order valence-electron chi connectivity index (χ2n) is 5.98. The maximum atomic E-state index is 13.3. The smallest absolute Gasteiger partial charge is 0.282 e. The van der Waals surface area contributed by atoms with E-state index in [1.54, 1.807) is 6.20 Å².